The molecule has 0 saturated carbocycles. The zero-order valence-electron chi connectivity index (χ0n) is 11.2. The van der Waals surface area contributed by atoms with Crippen LogP contribution < -0.4 is 0 Å². The first-order valence-electron chi connectivity index (χ1n) is 7.04. The van der Waals surface area contributed by atoms with Gasteiger partial charge in [-0.3, -0.25) is 4.90 Å². The van der Waals surface area contributed by atoms with Crippen molar-refractivity contribution in [2.75, 3.05) is 39.3 Å². The highest BCUT2D eigenvalue weighted by molar-refractivity contribution is 5.75. The summed E-state index contributed by atoms with van der Waals surface area (Å²) in [7, 11) is 0. The molecule has 0 spiro atoms. The Bertz CT molecular complexity index is 269. The molecule has 4 heteroatoms. The van der Waals surface area contributed by atoms with Crippen molar-refractivity contribution in [2.45, 2.75) is 39.2 Å². The first-order chi connectivity index (χ1) is 8.26. The Morgan fingerprint density at radius 1 is 1.24 bits per heavy atom. The second kappa shape index (κ2) is 5.71. The van der Waals surface area contributed by atoms with Crippen molar-refractivity contribution in [3.8, 4) is 0 Å². The predicted octanol–water partition coefficient (Wildman–Crippen LogP) is 1.62. The molecule has 1 atom stereocenters. The van der Waals surface area contributed by atoms with E-state index in [9.17, 15) is 4.79 Å². The van der Waals surface area contributed by atoms with Gasteiger partial charge in [0.25, 0.3) is 0 Å². The topological polar surface area (TPSA) is 26.8 Å². The number of nitrogens with zero attached hydrogens (tertiary/aromatic N) is 3. The molecule has 0 aliphatic carbocycles. The maximum Gasteiger partial charge on any atom is 0.320 e. The van der Waals surface area contributed by atoms with Gasteiger partial charge < -0.3 is 9.80 Å². The molecule has 0 radical (unpaired) electrons. The van der Waals surface area contributed by atoms with Crippen LogP contribution in [0, 0.1) is 0 Å². The van der Waals surface area contributed by atoms with Crippen LogP contribution in [0.1, 0.15) is 33.1 Å². The lowest BCUT2D eigenvalue weighted by Gasteiger charge is -2.47. The monoisotopic (exact) mass is 239 g/mol. The van der Waals surface area contributed by atoms with Gasteiger partial charge in [-0.2, -0.15) is 0 Å². The van der Waals surface area contributed by atoms with E-state index in [-0.39, 0.29) is 6.03 Å². The van der Waals surface area contributed by atoms with Crippen molar-refractivity contribution in [3.05, 3.63) is 0 Å². The van der Waals surface area contributed by atoms with Crippen molar-refractivity contribution in [2.24, 2.45) is 0 Å². The minimum Gasteiger partial charge on any atom is -0.325 e. The molecule has 0 aromatic carbocycles. The largest absolute Gasteiger partial charge is 0.325 e. The molecule has 2 amide bonds. The van der Waals surface area contributed by atoms with Gasteiger partial charge in [-0.15, -0.1) is 0 Å². The number of unbranched alkanes of at least 4 members (excludes halogenated alkanes) is 1. The number of carbonyl (C=O) groups is 1. The summed E-state index contributed by atoms with van der Waals surface area (Å²) in [6.45, 7) is 10.4. The molecule has 1 unspecified atom stereocenters. The number of rotatable bonds is 4. The van der Waals surface area contributed by atoms with Gasteiger partial charge in [0.15, 0.2) is 0 Å². The van der Waals surface area contributed by atoms with Crippen LogP contribution in [0.4, 0.5) is 4.79 Å². The van der Waals surface area contributed by atoms with Crippen molar-refractivity contribution in [3.63, 3.8) is 0 Å². The smallest absolute Gasteiger partial charge is 0.320 e. The van der Waals surface area contributed by atoms with E-state index < -0.39 is 0 Å². The van der Waals surface area contributed by atoms with E-state index in [0.29, 0.717) is 6.04 Å². The molecular weight excluding hydrogens is 214 g/mol. The molecule has 0 N–H and O–H groups in total. The van der Waals surface area contributed by atoms with E-state index in [1.165, 1.54) is 19.4 Å². The normalized spacial score (nSPS) is 26.2. The van der Waals surface area contributed by atoms with Crippen LogP contribution in [0.25, 0.3) is 0 Å². The van der Waals surface area contributed by atoms with Crippen LogP contribution in [0.2, 0.25) is 0 Å². The fourth-order valence-electron chi connectivity index (χ4n) is 2.88. The Balaban J connectivity index is 1.89. The summed E-state index contributed by atoms with van der Waals surface area (Å²) in [5.41, 5.74) is 0. The Hall–Kier alpha value is -0.770. The van der Waals surface area contributed by atoms with Crippen LogP contribution in [0.3, 0.4) is 0 Å². The maximum absolute atomic E-state index is 12.1. The molecule has 2 saturated heterocycles. The lowest BCUT2D eigenvalue weighted by Crippen LogP contribution is -2.62. The molecular formula is C13H25N3O. The zero-order chi connectivity index (χ0) is 12.3. The summed E-state index contributed by atoms with van der Waals surface area (Å²) < 4.78 is 0. The molecule has 2 rings (SSSR count). The first kappa shape index (κ1) is 12.7. The van der Waals surface area contributed by atoms with Gasteiger partial charge in [0.2, 0.25) is 0 Å². The van der Waals surface area contributed by atoms with Gasteiger partial charge in [-0.25, -0.2) is 4.79 Å². The Labute approximate surface area is 105 Å². The number of fused-ring (bicyclic) bond motifs is 1. The fraction of sp³-hybridized carbons (Fsp3) is 0.923. The van der Waals surface area contributed by atoms with Crippen molar-refractivity contribution < 1.29 is 4.79 Å². The van der Waals surface area contributed by atoms with Crippen LogP contribution >= 0.6 is 0 Å². The average molecular weight is 239 g/mol. The third kappa shape index (κ3) is 2.73. The quantitative estimate of drug-likeness (QED) is 0.745. The van der Waals surface area contributed by atoms with E-state index in [1.54, 1.807) is 0 Å². The lowest BCUT2D eigenvalue weighted by molar-refractivity contribution is 0.0452. The molecule has 98 valence electrons. The van der Waals surface area contributed by atoms with E-state index in [2.05, 4.69) is 23.6 Å². The third-order valence-corrected chi connectivity index (χ3v) is 4.02. The van der Waals surface area contributed by atoms with Gasteiger partial charge in [0.05, 0.1) is 0 Å². The van der Waals surface area contributed by atoms with Gasteiger partial charge in [0.1, 0.15) is 0 Å². The molecule has 4 nitrogen and oxygen atoms in total. The molecule has 2 fully saturated rings. The minimum atomic E-state index is 0.263. The number of urea groups is 1. The summed E-state index contributed by atoms with van der Waals surface area (Å²) >= 11 is 0. The number of hydrogen-bond acceptors (Lipinski definition) is 2. The van der Waals surface area contributed by atoms with Crippen LogP contribution in [0.5, 0.6) is 0 Å². The summed E-state index contributed by atoms with van der Waals surface area (Å²) in [5.74, 6) is 0. The summed E-state index contributed by atoms with van der Waals surface area (Å²) in [4.78, 5) is 18.7. The Morgan fingerprint density at radius 3 is 2.76 bits per heavy atom. The molecule has 17 heavy (non-hydrogen) atoms. The van der Waals surface area contributed by atoms with Crippen LogP contribution in [-0.2, 0) is 0 Å². The van der Waals surface area contributed by atoms with E-state index in [0.717, 1.165) is 39.1 Å². The summed E-state index contributed by atoms with van der Waals surface area (Å²) in [6, 6.07) is 0.731. The molecule has 2 aliphatic rings. The van der Waals surface area contributed by atoms with E-state index in [4.69, 9.17) is 0 Å². The van der Waals surface area contributed by atoms with Crippen LogP contribution in [0.15, 0.2) is 0 Å². The van der Waals surface area contributed by atoms with E-state index >= 15 is 0 Å². The summed E-state index contributed by atoms with van der Waals surface area (Å²) in [5, 5.41) is 0. The SMILES string of the molecule is CCCCN1CCN2C(=O)N(CC)CCC2C1. The second-order valence-electron chi connectivity index (χ2n) is 5.15. The average Bonchev–Trinajstić information content (AvgIpc) is 2.37. The van der Waals surface area contributed by atoms with Crippen molar-refractivity contribution >= 4 is 6.03 Å². The van der Waals surface area contributed by atoms with Gasteiger partial charge in [-0.05, 0) is 26.3 Å². The highest BCUT2D eigenvalue weighted by Crippen LogP contribution is 2.20. The molecule has 0 aromatic heterocycles. The third-order valence-electron chi connectivity index (χ3n) is 4.02. The Morgan fingerprint density at radius 2 is 2.06 bits per heavy atom. The fourth-order valence-corrected chi connectivity index (χ4v) is 2.88. The van der Waals surface area contributed by atoms with Gasteiger partial charge in [-0.1, -0.05) is 13.3 Å². The predicted molar refractivity (Wildman–Crippen MR) is 69.1 cm³/mol. The summed E-state index contributed by atoms with van der Waals surface area (Å²) in [6.07, 6.45) is 3.68. The van der Waals surface area contributed by atoms with Crippen LogP contribution in [-0.4, -0.2) is 66.0 Å². The van der Waals surface area contributed by atoms with Crippen molar-refractivity contribution in [1.82, 2.24) is 14.7 Å². The minimum absolute atomic E-state index is 0.263. The number of amides is 2. The maximum atomic E-state index is 12.1. The molecule has 0 aromatic rings. The van der Waals surface area contributed by atoms with Gasteiger partial charge >= 0.3 is 6.03 Å². The molecule has 2 heterocycles. The second-order valence-corrected chi connectivity index (χ2v) is 5.15. The number of carbonyl (C=O) groups excluding carboxylic acids is 1. The number of hydrogen-bond donors (Lipinski definition) is 0. The highest BCUT2D eigenvalue weighted by Gasteiger charge is 2.35. The standard InChI is InChI=1S/C13H25N3O/c1-3-5-7-14-9-10-16-12(11-14)6-8-15(4-2)13(16)17/h12H,3-11H2,1-2H3. The zero-order valence-corrected chi connectivity index (χ0v) is 11.2. The Kier molecular flexibility index (Phi) is 4.26. The molecule has 0 bridgehead atoms. The van der Waals surface area contributed by atoms with E-state index in [1.807, 2.05) is 4.90 Å². The lowest BCUT2D eigenvalue weighted by atomic mass is 10.1. The first-order valence-corrected chi connectivity index (χ1v) is 7.04. The molecule has 2 aliphatic heterocycles. The highest BCUT2D eigenvalue weighted by atomic mass is 16.2. The van der Waals surface area contributed by atoms with Crippen molar-refractivity contribution in [1.29, 1.82) is 0 Å². The number of piperazine rings is 1. The van der Waals surface area contributed by atoms with Gasteiger partial charge in [0, 0.05) is 38.8 Å².